The first kappa shape index (κ1) is 15.0. The van der Waals surface area contributed by atoms with Gasteiger partial charge in [0.05, 0.1) is 6.42 Å². The Kier molecular flexibility index (Phi) is 5.59. The molecule has 0 aromatic carbocycles. The summed E-state index contributed by atoms with van der Waals surface area (Å²) in [7, 11) is 0. The molecule has 2 atom stereocenters. The fourth-order valence-corrected chi connectivity index (χ4v) is 2.43. The van der Waals surface area contributed by atoms with Crippen LogP contribution in [-0.4, -0.2) is 47.1 Å². The van der Waals surface area contributed by atoms with Crippen molar-refractivity contribution in [3.63, 3.8) is 0 Å². The molecule has 18 heavy (non-hydrogen) atoms. The molecular weight excluding hydrogens is 232 g/mol. The number of carboxylic acids is 1. The maximum atomic E-state index is 12.4. The van der Waals surface area contributed by atoms with Gasteiger partial charge in [-0.15, -0.1) is 0 Å². The molecule has 0 aromatic rings. The van der Waals surface area contributed by atoms with Gasteiger partial charge in [0.15, 0.2) is 0 Å². The van der Waals surface area contributed by atoms with E-state index in [0.717, 1.165) is 19.4 Å². The van der Waals surface area contributed by atoms with Crippen molar-refractivity contribution in [1.82, 2.24) is 10.2 Å². The monoisotopic (exact) mass is 256 g/mol. The lowest BCUT2D eigenvalue weighted by Gasteiger charge is -2.34. The second-order valence-corrected chi connectivity index (χ2v) is 5.35. The number of hydrogen-bond donors (Lipinski definition) is 2. The van der Waals surface area contributed by atoms with Crippen LogP contribution in [0.5, 0.6) is 0 Å². The molecule has 2 N–H and O–H groups in total. The van der Waals surface area contributed by atoms with Gasteiger partial charge in [0.25, 0.3) is 0 Å². The van der Waals surface area contributed by atoms with Crippen LogP contribution in [0, 0.1) is 5.92 Å². The standard InChI is InChI=1S/C13H24N2O3/c1-9(2)15(7-5-12(16)17)13(18)11-4-6-14-10(3)8-11/h9-11,14H,4-8H2,1-3H3,(H,16,17). The number of carbonyl (C=O) groups is 2. The normalized spacial score (nSPS) is 24.0. The van der Waals surface area contributed by atoms with E-state index in [9.17, 15) is 9.59 Å². The van der Waals surface area contributed by atoms with E-state index in [1.165, 1.54) is 0 Å². The van der Waals surface area contributed by atoms with Gasteiger partial charge in [-0.3, -0.25) is 9.59 Å². The Morgan fingerprint density at radius 3 is 2.61 bits per heavy atom. The highest BCUT2D eigenvalue weighted by atomic mass is 16.4. The van der Waals surface area contributed by atoms with E-state index in [2.05, 4.69) is 12.2 Å². The van der Waals surface area contributed by atoms with Crippen LogP contribution in [0.1, 0.15) is 40.0 Å². The summed E-state index contributed by atoms with van der Waals surface area (Å²) < 4.78 is 0. The minimum absolute atomic E-state index is 0.0183. The Morgan fingerprint density at radius 1 is 1.44 bits per heavy atom. The van der Waals surface area contributed by atoms with Crippen LogP contribution in [0.2, 0.25) is 0 Å². The first-order valence-corrected chi connectivity index (χ1v) is 6.67. The summed E-state index contributed by atoms with van der Waals surface area (Å²) >= 11 is 0. The van der Waals surface area contributed by atoms with Crippen LogP contribution in [0.25, 0.3) is 0 Å². The lowest BCUT2D eigenvalue weighted by Crippen LogP contribution is -2.47. The zero-order chi connectivity index (χ0) is 13.7. The number of rotatable bonds is 5. The number of hydrogen-bond acceptors (Lipinski definition) is 3. The predicted molar refractivity (Wildman–Crippen MR) is 69.3 cm³/mol. The van der Waals surface area contributed by atoms with E-state index in [-0.39, 0.29) is 24.3 Å². The van der Waals surface area contributed by atoms with Gasteiger partial charge in [-0.2, -0.15) is 0 Å². The van der Waals surface area contributed by atoms with Crippen LogP contribution < -0.4 is 5.32 Å². The summed E-state index contributed by atoms with van der Waals surface area (Å²) in [4.78, 5) is 24.7. The molecule has 0 aliphatic carbocycles. The topological polar surface area (TPSA) is 69.6 Å². The van der Waals surface area contributed by atoms with Crippen molar-refractivity contribution in [3.8, 4) is 0 Å². The van der Waals surface area contributed by atoms with Crippen molar-refractivity contribution in [2.75, 3.05) is 13.1 Å². The minimum Gasteiger partial charge on any atom is -0.481 e. The maximum Gasteiger partial charge on any atom is 0.305 e. The van der Waals surface area contributed by atoms with Crippen LogP contribution in [0.15, 0.2) is 0 Å². The summed E-state index contributed by atoms with van der Waals surface area (Å²) in [5.41, 5.74) is 0. The number of amides is 1. The van der Waals surface area contributed by atoms with Gasteiger partial charge in [0.2, 0.25) is 5.91 Å². The Morgan fingerprint density at radius 2 is 2.11 bits per heavy atom. The molecule has 0 aromatic heterocycles. The number of carbonyl (C=O) groups excluding carboxylic acids is 1. The Bertz CT molecular complexity index is 305. The Hall–Kier alpha value is -1.10. The lowest BCUT2D eigenvalue weighted by molar-refractivity contribution is -0.141. The lowest BCUT2D eigenvalue weighted by atomic mass is 9.91. The highest BCUT2D eigenvalue weighted by Gasteiger charge is 2.29. The molecule has 5 nitrogen and oxygen atoms in total. The van der Waals surface area contributed by atoms with Crippen LogP contribution >= 0.6 is 0 Å². The predicted octanol–water partition coefficient (Wildman–Crippen LogP) is 1.09. The number of aliphatic carboxylic acids is 1. The molecule has 1 amide bonds. The van der Waals surface area contributed by atoms with Crippen molar-refractivity contribution >= 4 is 11.9 Å². The average molecular weight is 256 g/mol. The minimum atomic E-state index is -0.855. The van der Waals surface area contributed by atoms with Crippen LogP contribution in [0.4, 0.5) is 0 Å². The van der Waals surface area contributed by atoms with Gasteiger partial charge in [-0.25, -0.2) is 0 Å². The van der Waals surface area contributed by atoms with E-state index >= 15 is 0 Å². The van der Waals surface area contributed by atoms with Gasteiger partial charge in [-0.05, 0) is 40.2 Å². The fourth-order valence-electron chi connectivity index (χ4n) is 2.43. The molecule has 0 spiro atoms. The van der Waals surface area contributed by atoms with Crippen LogP contribution in [0.3, 0.4) is 0 Å². The average Bonchev–Trinajstić information content (AvgIpc) is 2.28. The molecule has 0 saturated carbocycles. The summed E-state index contributed by atoms with van der Waals surface area (Å²) in [6.07, 6.45) is 1.71. The summed E-state index contributed by atoms with van der Waals surface area (Å²) in [5, 5.41) is 12.1. The van der Waals surface area contributed by atoms with Crippen molar-refractivity contribution in [1.29, 1.82) is 0 Å². The van der Waals surface area contributed by atoms with Gasteiger partial charge in [0, 0.05) is 24.5 Å². The first-order valence-electron chi connectivity index (χ1n) is 6.67. The number of carboxylic acid groups (broad SMARTS) is 1. The molecule has 1 aliphatic rings. The largest absolute Gasteiger partial charge is 0.481 e. The summed E-state index contributed by atoms with van der Waals surface area (Å²) in [6, 6.07) is 0.420. The van der Waals surface area contributed by atoms with E-state index in [0.29, 0.717) is 12.6 Å². The molecule has 1 aliphatic heterocycles. The van der Waals surface area contributed by atoms with E-state index in [1.807, 2.05) is 13.8 Å². The third-order valence-corrected chi connectivity index (χ3v) is 3.45. The molecule has 1 saturated heterocycles. The van der Waals surface area contributed by atoms with Crippen molar-refractivity contribution < 1.29 is 14.7 Å². The van der Waals surface area contributed by atoms with Crippen molar-refractivity contribution in [2.24, 2.45) is 5.92 Å². The molecular formula is C13H24N2O3. The highest BCUT2D eigenvalue weighted by Crippen LogP contribution is 2.20. The number of nitrogens with one attached hydrogen (secondary N) is 1. The number of piperidine rings is 1. The molecule has 0 radical (unpaired) electrons. The zero-order valence-corrected chi connectivity index (χ0v) is 11.5. The van der Waals surface area contributed by atoms with Crippen LogP contribution in [-0.2, 0) is 9.59 Å². The Balaban J connectivity index is 2.60. The third-order valence-electron chi connectivity index (χ3n) is 3.45. The van der Waals surface area contributed by atoms with E-state index in [1.54, 1.807) is 4.90 Å². The van der Waals surface area contributed by atoms with Crippen molar-refractivity contribution in [3.05, 3.63) is 0 Å². The highest BCUT2D eigenvalue weighted by molar-refractivity contribution is 5.80. The molecule has 0 bridgehead atoms. The molecule has 1 heterocycles. The SMILES string of the molecule is CC1CC(C(=O)N(CCC(=O)O)C(C)C)CCN1. The maximum absolute atomic E-state index is 12.4. The smallest absolute Gasteiger partial charge is 0.305 e. The molecule has 104 valence electrons. The Labute approximate surface area is 109 Å². The molecule has 1 rings (SSSR count). The second-order valence-electron chi connectivity index (χ2n) is 5.35. The third kappa shape index (κ3) is 4.29. The van der Waals surface area contributed by atoms with Gasteiger partial charge in [0.1, 0.15) is 0 Å². The molecule has 5 heteroatoms. The fraction of sp³-hybridized carbons (Fsp3) is 0.846. The van der Waals surface area contributed by atoms with Crippen molar-refractivity contribution in [2.45, 2.75) is 52.1 Å². The van der Waals surface area contributed by atoms with Gasteiger partial charge in [-0.1, -0.05) is 0 Å². The number of nitrogens with zero attached hydrogens (tertiary/aromatic N) is 1. The first-order chi connectivity index (χ1) is 8.41. The molecule has 2 unspecified atom stereocenters. The molecule has 1 fully saturated rings. The van der Waals surface area contributed by atoms with E-state index < -0.39 is 5.97 Å². The zero-order valence-electron chi connectivity index (χ0n) is 11.5. The second kappa shape index (κ2) is 6.73. The summed E-state index contributed by atoms with van der Waals surface area (Å²) in [5.74, 6) is -0.704. The van der Waals surface area contributed by atoms with E-state index in [4.69, 9.17) is 5.11 Å². The quantitative estimate of drug-likeness (QED) is 0.772. The van der Waals surface area contributed by atoms with Gasteiger partial charge >= 0.3 is 5.97 Å². The van der Waals surface area contributed by atoms with Gasteiger partial charge < -0.3 is 15.3 Å². The summed E-state index contributed by atoms with van der Waals surface area (Å²) in [6.45, 7) is 7.12.